The van der Waals surface area contributed by atoms with E-state index in [0.717, 1.165) is 38.0 Å². The van der Waals surface area contributed by atoms with Gasteiger partial charge in [-0.3, -0.25) is 0 Å². The summed E-state index contributed by atoms with van der Waals surface area (Å²) >= 11 is 0. The number of aromatic nitrogens is 3. The Hall–Kier alpha value is -0.940. The molecule has 1 unspecified atom stereocenters. The maximum Gasteiger partial charge on any atom is 0.141 e. The van der Waals surface area contributed by atoms with E-state index in [1.54, 1.807) is 6.33 Å². The van der Waals surface area contributed by atoms with Crippen LogP contribution in [0.5, 0.6) is 0 Å². The molecule has 0 radical (unpaired) electrons. The smallest absolute Gasteiger partial charge is 0.141 e. The molecule has 5 nitrogen and oxygen atoms in total. The van der Waals surface area contributed by atoms with Gasteiger partial charge in [0.1, 0.15) is 12.2 Å². The van der Waals surface area contributed by atoms with E-state index in [9.17, 15) is 0 Å². The van der Waals surface area contributed by atoms with Crippen LogP contribution in [0.4, 0.5) is 0 Å². The SMILES string of the molecule is CC(C)n1ncnc1CNCCC1CCOC1. The van der Waals surface area contributed by atoms with E-state index in [2.05, 4.69) is 29.2 Å². The van der Waals surface area contributed by atoms with E-state index in [1.165, 1.54) is 12.8 Å². The molecule has 1 atom stereocenters. The first-order chi connectivity index (χ1) is 8.27. The normalized spacial score (nSPS) is 20.3. The summed E-state index contributed by atoms with van der Waals surface area (Å²) in [7, 11) is 0. The Bertz CT molecular complexity index is 331. The zero-order valence-electron chi connectivity index (χ0n) is 10.7. The van der Waals surface area contributed by atoms with Crippen molar-refractivity contribution in [3.63, 3.8) is 0 Å². The van der Waals surface area contributed by atoms with Crippen molar-refractivity contribution in [3.8, 4) is 0 Å². The van der Waals surface area contributed by atoms with Crippen LogP contribution in [0.25, 0.3) is 0 Å². The third-order valence-electron chi connectivity index (χ3n) is 3.17. The number of nitrogens with one attached hydrogen (secondary N) is 1. The van der Waals surface area contributed by atoms with Crippen LogP contribution in [0.15, 0.2) is 6.33 Å². The van der Waals surface area contributed by atoms with Crippen molar-refractivity contribution in [1.82, 2.24) is 20.1 Å². The molecule has 1 fully saturated rings. The van der Waals surface area contributed by atoms with Crippen LogP contribution in [-0.4, -0.2) is 34.5 Å². The lowest BCUT2D eigenvalue weighted by Crippen LogP contribution is -2.21. The molecule has 0 aliphatic carbocycles. The van der Waals surface area contributed by atoms with Gasteiger partial charge in [0, 0.05) is 19.3 Å². The van der Waals surface area contributed by atoms with Gasteiger partial charge < -0.3 is 10.1 Å². The zero-order chi connectivity index (χ0) is 12.1. The van der Waals surface area contributed by atoms with Gasteiger partial charge in [-0.1, -0.05) is 0 Å². The Kier molecular flexibility index (Phi) is 4.50. The Morgan fingerprint density at radius 1 is 1.59 bits per heavy atom. The molecule has 0 spiro atoms. The van der Waals surface area contributed by atoms with E-state index in [-0.39, 0.29) is 0 Å². The molecule has 0 aromatic carbocycles. The number of nitrogens with zero attached hydrogens (tertiary/aromatic N) is 3. The molecule has 2 rings (SSSR count). The lowest BCUT2D eigenvalue weighted by atomic mass is 10.1. The van der Waals surface area contributed by atoms with Gasteiger partial charge in [-0.25, -0.2) is 9.67 Å². The van der Waals surface area contributed by atoms with Crippen LogP contribution in [0.2, 0.25) is 0 Å². The highest BCUT2D eigenvalue weighted by Crippen LogP contribution is 2.15. The zero-order valence-corrected chi connectivity index (χ0v) is 10.7. The summed E-state index contributed by atoms with van der Waals surface area (Å²) in [6.45, 7) is 7.93. The monoisotopic (exact) mass is 238 g/mol. The molecule has 1 aromatic rings. The molecule has 1 aromatic heterocycles. The number of hydrogen-bond donors (Lipinski definition) is 1. The van der Waals surface area contributed by atoms with Gasteiger partial charge in [-0.2, -0.15) is 5.10 Å². The minimum absolute atomic E-state index is 0.373. The lowest BCUT2D eigenvalue weighted by molar-refractivity contribution is 0.184. The summed E-state index contributed by atoms with van der Waals surface area (Å²) in [5.74, 6) is 1.76. The standard InChI is InChI=1S/C12H22N4O/c1-10(2)16-12(14-9-15-16)7-13-5-3-11-4-6-17-8-11/h9-11,13H,3-8H2,1-2H3. The average Bonchev–Trinajstić information content (AvgIpc) is 2.95. The molecule has 17 heavy (non-hydrogen) atoms. The summed E-state index contributed by atoms with van der Waals surface area (Å²) in [5, 5.41) is 7.65. The van der Waals surface area contributed by atoms with Crippen LogP contribution in [0.1, 0.15) is 38.6 Å². The summed E-state index contributed by atoms with van der Waals surface area (Å²) in [6.07, 6.45) is 4.03. The molecule has 1 saturated heterocycles. The Balaban J connectivity index is 1.68. The highest BCUT2D eigenvalue weighted by atomic mass is 16.5. The predicted molar refractivity (Wildman–Crippen MR) is 65.7 cm³/mol. The highest BCUT2D eigenvalue weighted by molar-refractivity contribution is 4.85. The summed E-state index contributed by atoms with van der Waals surface area (Å²) in [4.78, 5) is 4.27. The van der Waals surface area contributed by atoms with E-state index >= 15 is 0 Å². The Morgan fingerprint density at radius 3 is 3.18 bits per heavy atom. The molecule has 96 valence electrons. The quantitative estimate of drug-likeness (QED) is 0.761. The average molecular weight is 238 g/mol. The molecule has 2 heterocycles. The molecule has 0 amide bonds. The van der Waals surface area contributed by atoms with Crippen LogP contribution in [-0.2, 0) is 11.3 Å². The molecular weight excluding hydrogens is 216 g/mol. The number of ether oxygens (including phenoxy) is 1. The fraction of sp³-hybridized carbons (Fsp3) is 0.833. The van der Waals surface area contributed by atoms with Crippen molar-refractivity contribution in [2.24, 2.45) is 5.92 Å². The molecule has 0 saturated carbocycles. The molecule has 0 bridgehead atoms. The van der Waals surface area contributed by atoms with E-state index in [4.69, 9.17) is 4.74 Å². The summed E-state index contributed by atoms with van der Waals surface area (Å²) in [5.41, 5.74) is 0. The van der Waals surface area contributed by atoms with Gasteiger partial charge in [0.2, 0.25) is 0 Å². The first-order valence-corrected chi connectivity index (χ1v) is 6.44. The van der Waals surface area contributed by atoms with Crippen molar-refractivity contribution in [2.45, 2.75) is 39.3 Å². The van der Waals surface area contributed by atoms with Crippen LogP contribution in [0, 0.1) is 5.92 Å². The second kappa shape index (κ2) is 6.12. The fourth-order valence-electron chi connectivity index (χ4n) is 2.15. The van der Waals surface area contributed by atoms with Crippen molar-refractivity contribution in [3.05, 3.63) is 12.2 Å². The maximum absolute atomic E-state index is 5.36. The van der Waals surface area contributed by atoms with Crippen molar-refractivity contribution in [2.75, 3.05) is 19.8 Å². The molecule has 1 aliphatic heterocycles. The predicted octanol–water partition coefficient (Wildman–Crippen LogP) is 1.38. The van der Waals surface area contributed by atoms with E-state index < -0.39 is 0 Å². The van der Waals surface area contributed by atoms with Crippen LogP contribution < -0.4 is 5.32 Å². The summed E-state index contributed by atoms with van der Waals surface area (Å²) < 4.78 is 7.32. The van der Waals surface area contributed by atoms with Crippen LogP contribution in [0.3, 0.4) is 0 Å². The Morgan fingerprint density at radius 2 is 2.47 bits per heavy atom. The Labute approximate surface area is 103 Å². The topological polar surface area (TPSA) is 52.0 Å². The molecule has 1 aliphatic rings. The van der Waals surface area contributed by atoms with Gasteiger partial charge >= 0.3 is 0 Å². The first-order valence-electron chi connectivity index (χ1n) is 6.44. The number of rotatable bonds is 6. The van der Waals surface area contributed by atoms with E-state index in [0.29, 0.717) is 6.04 Å². The largest absolute Gasteiger partial charge is 0.381 e. The van der Waals surface area contributed by atoms with Gasteiger partial charge in [-0.15, -0.1) is 0 Å². The highest BCUT2D eigenvalue weighted by Gasteiger charge is 2.14. The van der Waals surface area contributed by atoms with Gasteiger partial charge in [0.05, 0.1) is 6.54 Å². The maximum atomic E-state index is 5.36. The van der Waals surface area contributed by atoms with Crippen LogP contribution >= 0.6 is 0 Å². The minimum atomic E-state index is 0.373. The third kappa shape index (κ3) is 3.51. The third-order valence-corrected chi connectivity index (χ3v) is 3.17. The van der Waals surface area contributed by atoms with Crippen molar-refractivity contribution in [1.29, 1.82) is 0 Å². The number of hydrogen-bond acceptors (Lipinski definition) is 4. The minimum Gasteiger partial charge on any atom is -0.381 e. The van der Waals surface area contributed by atoms with Gasteiger partial charge in [0.15, 0.2) is 0 Å². The molecule has 5 heteroatoms. The van der Waals surface area contributed by atoms with Crippen molar-refractivity contribution >= 4 is 0 Å². The molecular formula is C12H22N4O. The first kappa shape index (κ1) is 12.5. The summed E-state index contributed by atoms with van der Waals surface area (Å²) in [6, 6.07) is 0.373. The van der Waals surface area contributed by atoms with Gasteiger partial charge in [0.25, 0.3) is 0 Å². The van der Waals surface area contributed by atoms with E-state index in [1.807, 2.05) is 4.68 Å². The fourth-order valence-corrected chi connectivity index (χ4v) is 2.15. The molecule has 1 N–H and O–H groups in total. The lowest BCUT2D eigenvalue weighted by Gasteiger charge is -2.11. The van der Waals surface area contributed by atoms with Gasteiger partial charge in [-0.05, 0) is 39.2 Å². The van der Waals surface area contributed by atoms with Crippen molar-refractivity contribution < 1.29 is 4.74 Å². The second-order valence-corrected chi connectivity index (χ2v) is 4.91. The second-order valence-electron chi connectivity index (χ2n) is 4.91.